The summed E-state index contributed by atoms with van der Waals surface area (Å²) in [7, 11) is 4.99. The van der Waals surface area contributed by atoms with Crippen LogP contribution >= 0.6 is 0 Å². The van der Waals surface area contributed by atoms with Crippen LogP contribution in [0.4, 0.5) is 0 Å². The molecule has 0 saturated carbocycles. The quantitative estimate of drug-likeness (QED) is 0.833. The number of hydrogen-bond acceptors (Lipinski definition) is 4. The van der Waals surface area contributed by atoms with Crippen LogP contribution in [-0.2, 0) is 11.2 Å². The lowest BCUT2D eigenvalue weighted by Gasteiger charge is -2.20. The Morgan fingerprint density at radius 1 is 1.33 bits per heavy atom. The van der Waals surface area contributed by atoms with Crippen LogP contribution in [0.15, 0.2) is 18.2 Å². The maximum Gasteiger partial charge on any atom is 0.262 e. The fourth-order valence-electron chi connectivity index (χ4n) is 1.99. The Bertz CT molecular complexity index is 475. The van der Waals surface area contributed by atoms with Gasteiger partial charge in [0, 0.05) is 20.1 Å². The molecule has 0 aliphatic rings. The summed E-state index contributed by atoms with van der Waals surface area (Å²) in [5, 5.41) is 0. The summed E-state index contributed by atoms with van der Waals surface area (Å²) in [6, 6.07) is 5.83. The molecule has 2 atom stereocenters. The van der Waals surface area contributed by atoms with Gasteiger partial charge in [-0.25, -0.2) is 0 Å². The number of hydrogen-bond donors (Lipinski definition) is 1. The van der Waals surface area contributed by atoms with Gasteiger partial charge in [0.25, 0.3) is 5.91 Å². The highest BCUT2D eigenvalue weighted by molar-refractivity contribution is 5.80. The van der Waals surface area contributed by atoms with Crippen molar-refractivity contribution in [1.29, 1.82) is 0 Å². The van der Waals surface area contributed by atoms with E-state index in [9.17, 15) is 4.79 Å². The van der Waals surface area contributed by atoms with Crippen molar-refractivity contribution in [2.75, 3.05) is 21.2 Å². The number of rotatable bonds is 7. The molecule has 5 heteroatoms. The molecule has 2 unspecified atom stereocenters. The normalized spacial score (nSPS) is 13.4. The predicted molar refractivity (Wildman–Crippen MR) is 83.7 cm³/mol. The molecule has 21 heavy (non-hydrogen) atoms. The molecule has 0 bridgehead atoms. The first-order valence-electron chi connectivity index (χ1n) is 7.19. The van der Waals surface area contributed by atoms with Gasteiger partial charge in [0.1, 0.15) is 0 Å². The van der Waals surface area contributed by atoms with Crippen molar-refractivity contribution in [3.05, 3.63) is 23.8 Å². The summed E-state index contributed by atoms with van der Waals surface area (Å²) in [4.78, 5) is 13.4. The highest BCUT2D eigenvalue weighted by atomic mass is 16.5. The van der Waals surface area contributed by atoms with Gasteiger partial charge in [0.05, 0.1) is 7.11 Å². The molecule has 0 fully saturated rings. The minimum atomic E-state index is -0.566. The smallest absolute Gasteiger partial charge is 0.262 e. The van der Waals surface area contributed by atoms with Gasteiger partial charge >= 0.3 is 0 Å². The minimum absolute atomic E-state index is 0.0901. The first kappa shape index (κ1) is 17.3. The van der Waals surface area contributed by atoms with Gasteiger partial charge in [-0.15, -0.1) is 0 Å². The minimum Gasteiger partial charge on any atom is -0.493 e. The average Bonchev–Trinajstić information content (AvgIpc) is 2.46. The molecule has 1 aromatic rings. The van der Waals surface area contributed by atoms with Crippen LogP contribution in [0, 0.1) is 0 Å². The van der Waals surface area contributed by atoms with E-state index in [2.05, 4.69) is 6.92 Å². The Kier molecular flexibility index (Phi) is 6.49. The van der Waals surface area contributed by atoms with Gasteiger partial charge in [0.2, 0.25) is 0 Å². The van der Waals surface area contributed by atoms with E-state index in [-0.39, 0.29) is 11.9 Å². The number of likely N-dealkylation sites (N-methyl/N-ethyl adjacent to an activating group) is 1. The van der Waals surface area contributed by atoms with Crippen LogP contribution in [0.1, 0.15) is 25.8 Å². The van der Waals surface area contributed by atoms with Crippen LogP contribution in [0.5, 0.6) is 11.5 Å². The fourth-order valence-corrected chi connectivity index (χ4v) is 1.99. The zero-order valence-corrected chi connectivity index (χ0v) is 13.6. The number of methoxy groups -OCH3 is 1. The summed E-state index contributed by atoms with van der Waals surface area (Å²) < 4.78 is 11.0. The lowest BCUT2D eigenvalue weighted by molar-refractivity contribution is -0.135. The van der Waals surface area contributed by atoms with E-state index in [4.69, 9.17) is 15.2 Å². The Hall–Kier alpha value is -1.75. The maximum absolute atomic E-state index is 11.9. The first-order valence-corrected chi connectivity index (χ1v) is 7.19. The van der Waals surface area contributed by atoms with Gasteiger partial charge in [-0.1, -0.05) is 13.0 Å². The number of ether oxygens (including phenoxy) is 2. The lowest BCUT2D eigenvalue weighted by Crippen LogP contribution is -2.35. The second kappa shape index (κ2) is 7.88. The van der Waals surface area contributed by atoms with Gasteiger partial charge in [0.15, 0.2) is 17.6 Å². The van der Waals surface area contributed by atoms with Gasteiger partial charge in [-0.2, -0.15) is 0 Å². The summed E-state index contributed by atoms with van der Waals surface area (Å²) in [5.74, 6) is 1.09. The van der Waals surface area contributed by atoms with Crippen molar-refractivity contribution in [3.63, 3.8) is 0 Å². The highest BCUT2D eigenvalue weighted by Gasteiger charge is 2.19. The summed E-state index contributed by atoms with van der Waals surface area (Å²) in [5.41, 5.74) is 7.06. The van der Waals surface area contributed by atoms with Crippen molar-refractivity contribution in [2.24, 2.45) is 5.73 Å². The van der Waals surface area contributed by atoms with Crippen molar-refractivity contribution >= 4 is 5.91 Å². The molecule has 0 aliphatic heterocycles. The maximum atomic E-state index is 11.9. The summed E-state index contributed by atoms with van der Waals surface area (Å²) in [6.45, 7) is 3.79. The van der Waals surface area contributed by atoms with Gasteiger partial charge in [-0.3, -0.25) is 4.79 Å². The number of benzene rings is 1. The Morgan fingerprint density at radius 3 is 2.52 bits per heavy atom. The number of nitrogens with zero attached hydrogens (tertiary/aromatic N) is 1. The third-order valence-corrected chi connectivity index (χ3v) is 3.34. The van der Waals surface area contributed by atoms with E-state index in [1.165, 1.54) is 4.90 Å². The van der Waals surface area contributed by atoms with Crippen LogP contribution < -0.4 is 15.2 Å². The van der Waals surface area contributed by atoms with Crippen LogP contribution in [0.2, 0.25) is 0 Å². The third-order valence-electron chi connectivity index (χ3n) is 3.34. The second-order valence-corrected chi connectivity index (χ2v) is 5.35. The molecule has 1 aromatic carbocycles. The number of carbonyl (C=O) groups excluding carboxylic acids is 1. The fraction of sp³-hybridized carbons (Fsp3) is 0.562. The Labute approximate surface area is 127 Å². The molecular formula is C16H26N2O3. The van der Waals surface area contributed by atoms with E-state index in [1.807, 2.05) is 18.2 Å². The van der Waals surface area contributed by atoms with Crippen molar-refractivity contribution < 1.29 is 14.3 Å². The number of nitrogens with two attached hydrogens (primary N) is 1. The average molecular weight is 294 g/mol. The topological polar surface area (TPSA) is 64.8 Å². The third kappa shape index (κ3) is 4.93. The molecule has 2 N–H and O–H groups in total. The molecule has 0 saturated heterocycles. The standard InChI is InChI=1S/C16H26N2O3/c1-6-13(17)9-12-7-8-14(20-5)15(10-12)21-11(2)16(19)18(3)4/h7-8,10-11,13H,6,9,17H2,1-5H3. The molecule has 0 spiro atoms. The monoisotopic (exact) mass is 294 g/mol. The van der Waals surface area contributed by atoms with Crippen LogP contribution in [0.25, 0.3) is 0 Å². The second-order valence-electron chi connectivity index (χ2n) is 5.35. The van der Waals surface area contributed by atoms with Gasteiger partial charge in [-0.05, 0) is 37.5 Å². The number of carbonyl (C=O) groups is 1. The van der Waals surface area contributed by atoms with Crippen molar-refractivity contribution in [2.45, 2.75) is 38.8 Å². The zero-order chi connectivity index (χ0) is 16.0. The zero-order valence-electron chi connectivity index (χ0n) is 13.6. The van der Waals surface area contributed by atoms with E-state index in [1.54, 1.807) is 28.1 Å². The molecule has 118 valence electrons. The Balaban J connectivity index is 2.92. The first-order chi connectivity index (χ1) is 9.88. The molecule has 0 aliphatic carbocycles. The molecular weight excluding hydrogens is 268 g/mol. The molecule has 0 aromatic heterocycles. The molecule has 5 nitrogen and oxygen atoms in total. The number of amides is 1. The van der Waals surface area contributed by atoms with Crippen LogP contribution in [-0.4, -0.2) is 44.2 Å². The van der Waals surface area contributed by atoms with E-state index in [0.29, 0.717) is 11.5 Å². The largest absolute Gasteiger partial charge is 0.493 e. The SMILES string of the molecule is CCC(N)Cc1ccc(OC)c(OC(C)C(=O)N(C)C)c1. The van der Waals surface area contributed by atoms with E-state index in [0.717, 1.165) is 18.4 Å². The van der Waals surface area contributed by atoms with Crippen molar-refractivity contribution in [1.82, 2.24) is 4.90 Å². The van der Waals surface area contributed by atoms with Gasteiger partial charge < -0.3 is 20.1 Å². The molecule has 0 heterocycles. The van der Waals surface area contributed by atoms with Crippen molar-refractivity contribution in [3.8, 4) is 11.5 Å². The highest BCUT2D eigenvalue weighted by Crippen LogP contribution is 2.29. The predicted octanol–water partition coefficient (Wildman–Crippen LogP) is 1.83. The molecule has 1 amide bonds. The Morgan fingerprint density at radius 2 is 2.00 bits per heavy atom. The van der Waals surface area contributed by atoms with E-state index >= 15 is 0 Å². The summed E-state index contributed by atoms with van der Waals surface area (Å²) >= 11 is 0. The van der Waals surface area contributed by atoms with E-state index < -0.39 is 6.10 Å². The molecule has 1 rings (SSSR count). The summed E-state index contributed by atoms with van der Waals surface area (Å²) in [6.07, 6.45) is 1.12. The van der Waals surface area contributed by atoms with Crippen LogP contribution in [0.3, 0.4) is 0 Å². The lowest BCUT2D eigenvalue weighted by atomic mass is 10.0. The molecule has 0 radical (unpaired) electrons.